The molecule has 0 aliphatic carbocycles. The van der Waals surface area contributed by atoms with Crippen LogP contribution in [0.25, 0.3) is 11.5 Å². The predicted molar refractivity (Wildman–Crippen MR) is 90.7 cm³/mol. The van der Waals surface area contributed by atoms with Crippen LogP contribution in [-0.4, -0.2) is 18.6 Å². The third kappa shape index (κ3) is 3.18. The SMILES string of the molecule is Cc1cc(-c2cc(S(=O)(=O)Nc3ccccc3Br)c(C)o2)n[nH]1. The van der Waals surface area contributed by atoms with E-state index in [1.807, 2.05) is 13.0 Å². The molecule has 0 radical (unpaired) electrons. The van der Waals surface area contributed by atoms with E-state index in [2.05, 4.69) is 30.8 Å². The summed E-state index contributed by atoms with van der Waals surface area (Å²) < 4.78 is 34.0. The number of hydrogen-bond acceptors (Lipinski definition) is 4. The Labute approximate surface area is 142 Å². The lowest BCUT2D eigenvalue weighted by Crippen LogP contribution is -2.13. The molecule has 0 atom stereocenters. The Morgan fingerprint density at radius 1 is 1.22 bits per heavy atom. The lowest BCUT2D eigenvalue weighted by molar-refractivity contribution is 0.533. The van der Waals surface area contributed by atoms with E-state index in [1.54, 1.807) is 31.2 Å². The summed E-state index contributed by atoms with van der Waals surface area (Å²) >= 11 is 3.32. The van der Waals surface area contributed by atoms with E-state index in [1.165, 1.54) is 6.07 Å². The summed E-state index contributed by atoms with van der Waals surface area (Å²) in [6, 6.07) is 10.3. The van der Waals surface area contributed by atoms with Crippen LogP contribution in [0, 0.1) is 13.8 Å². The highest BCUT2D eigenvalue weighted by molar-refractivity contribution is 9.10. The minimum Gasteiger partial charge on any atom is -0.458 e. The highest BCUT2D eigenvalue weighted by Crippen LogP contribution is 2.30. The maximum atomic E-state index is 12.6. The van der Waals surface area contributed by atoms with Crippen LogP contribution in [0.1, 0.15) is 11.5 Å². The zero-order chi connectivity index (χ0) is 16.6. The van der Waals surface area contributed by atoms with E-state index in [0.29, 0.717) is 27.4 Å². The molecule has 0 bridgehead atoms. The zero-order valence-electron chi connectivity index (χ0n) is 12.4. The monoisotopic (exact) mass is 395 g/mol. The van der Waals surface area contributed by atoms with E-state index in [-0.39, 0.29) is 4.90 Å². The van der Waals surface area contributed by atoms with Crippen LogP contribution in [0.15, 0.2) is 50.2 Å². The van der Waals surface area contributed by atoms with Crippen LogP contribution in [0.2, 0.25) is 0 Å². The van der Waals surface area contributed by atoms with Crippen LogP contribution >= 0.6 is 15.9 Å². The molecule has 0 saturated heterocycles. The number of furan rings is 1. The average molecular weight is 396 g/mol. The maximum absolute atomic E-state index is 12.6. The smallest absolute Gasteiger partial charge is 0.265 e. The first kappa shape index (κ1) is 15.8. The predicted octanol–water partition coefficient (Wildman–Crippen LogP) is 3.85. The fourth-order valence-electron chi connectivity index (χ4n) is 2.15. The number of aryl methyl sites for hydroxylation is 2. The lowest BCUT2D eigenvalue weighted by atomic mass is 10.3. The minimum absolute atomic E-state index is 0.0870. The molecule has 2 N–H and O–H groups in total. The molecule has 2 aromatic heterocycles. The molecule has 0 amide bonds. The molecule has 0 spiro atoms. The third-order valence-electron chi connectivity index (χ3n) is 3.24. The minimum atomic E-state index is -3.76. The Morgan fingerprint density at radius 2 is 1.96 bits per heavy atom. The molecule has 1 aromatic carbocycles. The molecule has 0 unspecified atom stereocenters. The Balaban J connectivity index is 1.97. The van der Waals surface area contributed by atoms with E-state index in [0.717, 1.165) is 5.69 Å². The molecular weight excluding hydrogens is 382 g/mol. The van der Waals surface area contributed by atoms with Crippen molar-refractivity contribution in [3.8, 4) is 11.5 Å². The summed E-state index contributed by atoms with van der Waals surface area (Å²) in [4.78, 5) is 0.0870. The highest BCUT2D eigenvalue weighted by atomic mass is 79.9. The number of nitrogens with zero attached hydrogens (tertiary/aromatic N) is 1. The van der Waals surface area contributed by atoms with Gasteiger partial charge in [-0.05, 0) is 48.0 Å². The summed E-state index contributed by atoms with van der Waals surface area (Å²) in [7, 11) is -3.76. The van der Waals surface area contributed by atoms with Gasteiger partial charge in [-0.15, -0.1) is 0 Å². The van der Waals surface area contributed by atoms with Gasteiger partial charge in [0.25, 0.3) is 10.0 Å². The molecule has 0 fully saturated rings. The molecule has 8 heteroatoms. The van der Waals surface area contributed by atoms with Gasteiger partial charge in [0.1, 0.15) is 16.3 Å². The highest BCUT2D eigenvalue weighted by Gasteiger charge is 2.23. The first-order chi connectivity index (χ1) is 10.9. The van der Waals surface area contributed by atoms with Gasteiger partial charge in [-0.25, -0.2) is 8.42 Å². The summed E-state index contributed by atoms with van der Waals surface area (Å²) in [5.74, 6) is 0.708. The molecule has 120 valence electrons. The van der Waals surface area contributed by atoms with Crippen LogP contribution in [-0.2, 0) is 10.0 Å². The number of halogens is 1. The number of hydrogen-bond donors (Lipinski definition) is 2. The van der Waals surface area contributed by atoms with E-state index in [4.69, 9.17) is 4.42 Å². The second-order valence-electron chi connectivity index (χ2n) is 5.05. The Bertz CT molecular complexity index is 960. The van der Waals surface area contributed by atoms with Gasteiger partial charge in [-0.3, -0.25) is 9.82 Å². The first-order valence-corrected chi connectivity index (χ1v) is 9.04. The van der Waals surface area contributed by atoms with Gasteiger partial charge in [0.2, 0.25) is 0 Å². The van der Waals surface area contributed by atoms with Crippen molar-refractivity contribution in [3.05, 3.63) is 52.3 Å². The van der Waals surface area contributed by atoms with E-state index in [9.17, 15) is 8.42 Å². The summed E-state index contributed by atoms with van der Waals surface area (Å²) in [6.07, 6.45) is 0. The molecule has 0 aliphatic rings. The number of H-pyrrole nitrogens is 1. The third-order valence-corrected chi connectivity index (χ3v) is 5.40. The number of nitrogens with one attached hydrogen (secondary N) is 2. The van der Waals surface area contributed by atoms with Crippen LogP contribution in [0.3, 0.4) is 0 Å². The summed E-state index contributed by atoms with van der Waals surface area (Å²) in [5.41, 5.74) is 1.89. The van der Waals surface area contributed by atoms with Gasteiger partial charge in [0, 0.05) is 16.2 Å². The largest absolute Gasteiger partial charge is 0.458 e. The summed E-state index contributed by atoms with van der Waals surface area (Å²) in [6.45, 7) is 3.47. The molecule has 3 aromatic rings. The number of aromatic amines is 1. The number of para-hydroxylation sites is 1. The van der Waals surface area contributed by atoms with Gasteiger partial charge in [0.15, 0.2) is 5.76 Å². The van der Waals surface area contributed by atoms with E-state index < -0.39 is 10.0 Å². The van der Waals surface area contributed by atoms with Crippen LogP contribution in [0.4, 0.5) is 5.69 Å². The van der Waals surface area contributed by atoms with Gasteiger partial charge in [-0.2, -0.15) is 5.10 Å². The first-order valence-electron chi connectivity index (χ1n) is 6.77. The molecule has 0 aliphatic heterocycles. The quantitative estimate of drug-likeness (QED) is 0.701. The van der Waals surface area contributed by atoms with Crippen molar-refractivity contribution in [2.75, 3.05) is 4.72 Å². The van der Waals surface area contributed by atoms with Crippen molar-refractivity contribution < 1.29 is 12.8 Å². The number of benzene rings is 1. The van der Waals surface area contributed by atoms with Gasteiger partial charge in [-0.1, -0.05) is 12.1 Å². The van der Waals surface area contributed by atoms with Crippen molar-refractivity contribution in [1.29, 1.82) is 0 Å². The number of aromatic nitrogens is 2. The number of rotatable bonds is 4. The van der Waals surface area contributed by atoms with Crippen molar-refractivity contribution in [2.45, 2.75) is 18.7 Å². The second-order valence-corrected chi connectivity index (χ2v) is 7.56. The molecule has 0 saturated carbocycles. The van der Waals surface area contributed by atoms with E-state index >= 15 is 0 Å². The zero-order valence-corrected chi connectivity index (χ0v) is 14.8. The molecule has 23 heavy (non-hydrogen) atoms. The van der Waals surface area contributed by atoms with Crippen molar-refractivity contribution in [3.63, 3.8) is 0 Å². The normalized spacial score (nSPS) is 11.6. The van der Waals surface area contributed by atoms with Crippen molar-refractivity contribution in [2.24, 2.45) is 0 Å². The number of sulfonamides is 1. The van der Waals surface area contributed by atoms with Crippen molar-refractivity contribution in [1.82, 2.24) is 10.2 Å². The van der Waals surface area contributed by atoms with Crippen LogP contribution in [0.5, 0.6) is 0 Å². The molecule has 2 heterocycles. The molecular formula is C15H14BrN3O3S. The second kappa shape index (κ2) is 5.86. The lowest BCUT2D eigenvalue weighted by Gasteiger charge is -2.08. The van der Waals surface area contributed by atoms with Crippen LogP contribution < -0.4 is 4.72 Å². The van der Waals surface area contributed by atoms with Gasteiger partial charge < -0.3 is 4.42 Å². The van der Waals surface area contributed by atoms with Crippen molar-refractivity contribution >= 4 is 31.6 Å². The Morgan fingerprint density at radius 3 is 2.61 bits per heavy atom. The molecule has 6 nitrogen and oxygen atoms in total. The summed E-state index contributed by atoms with van der Waals surface area (Å²) in [5, 5.41) is 6.88. The topological polar surface area (TPSA) is 88.0 Å². The maximum Gasteiger partial charge on any atom is 0.265 e. The van der Waals surface area contributed by atoms with Gasteiger partial charge in [0.05, 0.1) is 5.69 Å². The number of anilines is 1. The average Bonchev–Trinajstić information content (AvgIpc) is 3.07. The Kier molecular flexibility index (Phi) is 4.03. The standard InChI is InChI=1S/C15H14BrN3O3S/c1-9-7-13(18-17-9)14-8-15(10(2)22-14)23(20,21)19-12-6-4-3-5-11(12)16/h3-8,19H,1-2H3,(H,17,18). The Hall–Kier alpha value is -2.06. The fourth-order valence-corrected chi connectivity index (χ4v) is 3.92. The molecule has 3 rings (SSSR count). The van der Waals surface area contributed by atoms with Gasteiger partial charge >= 0.3 is 0 Å². The fraction of sp³-hybridized carbons (Fsp3) is 0.133.